The lowest BCUT2D eigenvalue weighted by Crippen LogP contribution is -2.27. The maximum absolute atomic E-state index is 12.1. The number of pyridine rings is 1. The molecule has 2 aromatic rings. The fourth-order valence-corrected chi connectivity index (χ4v) is 2.69. The van der Waals surface area contributed by atoms with Gasteiger partial charge in [-0.3, -0.25) is 5.10 Å². The Morgan fingerprint density at radius 2 is 2.15 bits per heavy atom. The molecule has 0 amide bonds. The van der Waals surface area contributed by atoms with Crippen molar-refractivity contribution in [3.63, 3.8) is 0 Å². The zero-order valence-electron chi connectivity index (χ0n) is 10.4. The Bertz CT molecular complexity index is 695. The number of hydrogen-bond acceptors (Lipinski definition) is 5. The Morgan fingerprint density at radius 3 is 2.65 bits per heavy atom. The largest absolute Gasteiger partial charge is 0.478 e. The normalized spacial score (nSPS) is 13.1. The van der Waals surface area contributed by atoms with Crippen LogP contribution < -0.4 is 4.72 Å². The molecule has 1 unspecified atom stereocenters. The number of sulfonamides is 1. The van der Waals surface area contributed by atoms with Crippen molar-refractivity contribution in [1.82, 2.24) is 19.9 Å². The molecule has 0 bridgehead atoms. The number of aromatic amines is 1. The Morgan fingerprint density at radius 1 is 1.40 bits per heavy atom. The Kier molecular flexibility index (Phi) is 3.81. The molecule has 8 nitrogen and oxygen atoms in total. The first-order valence-corrected chi connectivity index (χ1v) is 7.09. The van der Waals surface area contributed by atoms with E-state index >= 15 is 0 Å². The average molecular weight is 296 g/mol. The number of nitrogens with zero attached hydrogens (tertiary/aromatic N) is 2. The highest BCUT2D eigenvalue weighted by Gasteiger charge is 2.20. The van der Waals surface area contributed by atoms with Gasteiger partial charge in [-0.25, -0.2) is 22.9 Å². The number of carboxylic acid groups (broad SMARTS) is 1. The number of carboxylic acids is 1. The van der Waals surface area contributed by atoms with Crippen molar-refractivity contribution >= 4 is 16.0 Å². The van der Waals surface area contributed by atoms with E-state index in [1.165, 1.54) is 12.3 Å². The van der Waals surface area contributed by atoms with Crippen LogP contribution in [0, 0.1) is 0 Å². The summed E-state index contributed by atoms with van der Waals surface area (Å²) < 4.78 is 26.6. The average Bonchev–Trinajstić information content (AvgIpc) is 2.92. The van der Waals surface area contributed by atoms with E-state index in [9.17, 15) is 13.2 Å². The summed E-state index contributed by atoms with van der Waals surface area (Å²) in [4.78, 5) is 14.3. The third kappa shape index (κ3) is 3.00. The van der Waals surface area contributed by atoms with Gasteiger partial charge in [0.1, 0.15) is 0 Å². The smallest absolute Gasteiger partial charge is 0.337 e. The molecule has 1 atom stereocenters. The minimum absolute atomic E-state index is 0.0770. The van der Waals surface area contributed by atoms with Crippen molar-refractivity contribution in [2.45, 2.75) is 18.0 Å². The van der Waals surface area contributed by atoms with Crippen molar-refractivity contribution in [3.8, 4) is 0 Å². The number of hydrogen-bond donors (Lipinski definition) is 3. The summed E-state index contributed by atoms with van der Waals surface area (Å²) in [6.45, 7) is 1.66. The standard InChI is InChI=1S/C11H12N4O4S/c1-7(9-5-13-14-6-9)15-20(18,19)10-3-2-8(4-12-10)11(16)17/h2-7,15H,1H3,(H,13,14)(H,16,17). The number of aromatic nitrogens is 3. The van der Waals surface area contributed by atoms with E-state index < -0.39 is 22.0 Å². The summed E-state index contributed by atoms with van der Waals surface area (Å²) in [6.07, 6.45) is 4.09. The van der Waals surface area contributed by atoms with Gasteiger partial charge >= 0.3 is 5.97 Å². The molecular weight excluding hydrogens is 284 g/mol. The lowest BCUT2D eigenvalue weighted by molar-refractivity contribution is 0.0696. The first kappa shape index (κ1) is 14.2. The van der Waals surface area contributed by atoms with Gasteiger partial charge in [-0.15, -0.1) is 0 Å². The third-order valence-electron chi connectivity index (χ3n) is 2.61. The van der Waals surface area contributed by atoms with Gasteiger partial charge in [0.25, 0.3) is 10.0 Å². The summed E-state index contributed by atoms with van der Waals surface area (Å²) in [7, 11) is -3.82. The van der Waals surface area contributed by atoms with Gasteiger partial charge < -0.3 is 5.11 Å². The van der Waals surface area contributed by atoms with Crippen LogP contribution in [0.4, 0.5) is 0 Å². The van der Waals surface area contributed by atoms with Gasteiger partial charge in [0.2, 0.25) is 0 Å². The van der Waals surface area contributed by atoms with Crippen molar-refractivity contribution in [2.24, 2.45) is 0 Å². The van der Waals surface area contributed by atoms with Gasteiger partial charge in [-0.05, 0) is 19.1 Å². The second-order valence-electron chi connectivity index (χ2n) is 4.06. The Hall–Kier alpha value is -2.26. The van der Waals surface area contributed by atoms with E-state index in [-0.39, 0.29) is 10.6 Å². The monoisotopic (exact) mass is 296 g/mol. The molecule has 9 heteroatoms. The van der Waals surface area contributed by atoms with Gasteiger partial charge in [-0.2, -0.15) is 5.10 Å². The highest BCUT2D eigenvalue weighted by Crippen LogP contribution is 2.14. The number of H-pyrrole nitrogens is 1. The van der Waals surface area contributed by atoms with E-state index in [1.807, 2.05) is 0 Å². The molecule has 0 radical (unpaired) electrons. The fourth-order valence-electron chi connectivity index (χ4n) is 1.52. The van der Waals surface area contributed by atoms with Crippen LogP contribution in [0.2, 0.25) is 0 Å². The molecule has 0 aliphatic carbocycles. The molecule has 106 valence electrons. The minimum Gasteiger partial charge on any atom is -0.478 e. The second kappa shape index (κ2) is 5.39. The minimum atomic E-state index is -3.82. The maximum atomic E-state index is 12.1. The number of aromatic carboxylic acids is 1. The van der Waals surface area contributed by atoms with Crippen LogP contribution in [0.5, 0.6) is 0 Å². The molecule has 0 saturated heterocycles. The molecule has 0 saturated carbocycles. The number of rotatable bonds is 5. The van der Waals surface area contributed by atoms with Crippen LogP contribution in [0.3, 0.4) is 0 Å². The third-order valence-corrected chi connectivity index (χ3v) is 4.07. The molecule has 0 aliphatic rings. The van der Waals surface area contributed by atoms with Gasteiger partial charge in [0, 0.05) is 24.0 Å². The predicted octanol–water partition coefficient (Wildman–Crippen LogP) is 0.542. The van der Waals surface area contributed by atoms with E-state index in [2.05, 4.69) is 19.9 Å². The van der Waals surface area contributed by atoms with Crippen molar-refractivity contribution in [1.29, 1.82) is 0 Å². The molecule has 2 heterocycles. The Balaban J connectivity index is 2.20. The first-order chi connectivity index (χ1) is 9.40. The van der Waals surface area contributed by atoms with Crippen LogP contribution in [0.25, 0.3) is 0 Å². The zero-order chi connectivity index (χ0) is 14.8. The summed E-state index contributed by atoms with van der Waals surface area (Å²) in [5, 5.41) is 14.8. The van der Waals surface area contributed by atoms with Gasteiger partial charge in [-0.1, -0.05) is 0 Å². The second-order valence-corrected chi connectivity index (χ2v) is 5.73. The molecule has 0 aliphatic heterocycles. The molecule has 0 fully saturated rings. The summed E-state index contributed by atoms with van der Waals surface area (Å²) >= 11 is 0. The lowest BCUT2D eigenvalue weighted by atomic mass is 10.2. The van der Waals surface area contributed by atoms with Crippen LogP contribution in [0.15, 0.2) is 35.7 Å². The fraction of sp³-hybridized carbons (Fsp3) is 0.182. The highest BCUT2D eigenvalue weighted by atomic mass is 32.2. The lowest BCUT2D eigenvalue weighted by Gasteiger charge is -2.12. The number of carbonyl (C=O) groups is 1. The van der Waals surface area contributed by atoms with Crippen molar-refractivity contribution in [3.05, 3.63) is 41.9 Å². The van der Waals surface area contributed by atoms with Crippen molar-refractivity contribution < 1.29 is 18.3 Å². The first-order valence-electron chi connectivity index (χ1n) is 5.60. The van der Waals surface area contributed by atoms with E-state index in [4.69, 9.17) is 5.11 Å². The van der Waals surface area contributed by atoms with E-state index in [1.54, 1.807) is 13.1 Å². The quantitative estimate of drug-likeness (QED) is 0.739. The van der Waals surface area contributed by atoms with Crippen LogP contribution in [-0.4, -0.2) is 34.7 Å². The SMILES string of the molecule is CC(NS(=O)(=O)c1ccc(C(=O)O)cn1)c1cn[nH]c1. The molecule has 2 rings (SSSR count). The van der Waals surface area contributed by atoms with Crippen LogP contribution in [-0.2, 0) is 10.0 Å². The summed E-state index contributed by atoms with van der Waals surface area (Å²) in [5.74, 6) is -1.17. The highest BCUT2D eigenvalue weighted by molar-refractivity contribution is 7.89. The van der Waals surface area contributed by atoms with Crippen LogP contribution >= 0.6 is 0 Å². The molecular formula is C11H12N4O4S. The Labute approximate surface area is 114 Å². The molecule has 0 spiro atoms. The van der Waals surface area contributed by atoms with E-state index in [0.29, 0.717) is 5.56 Å². The van der Waals surface area contributed by atoms with E-state index in [0.717, 1.165) is 12.3 Å². The summed E-state index contributed by atoms with van der Waals surface area (Å²) in [6, 6.07) is 1.85. The topological polar surface area (TPSA) is 125 Å². The van der Waals surface area contributed by atoms with Crippen LogP contribution in [0.1, 0.15) is 28.9 Å². The number of nitrogens with one attached hydrogen (secondary N) is 2. The zero-order valence-corrected chi connectivity index (χ0v) is 11.3. The predicted molar refractivity (Wildman–Crippen MR) is 68.5 cm³/mol. The molecule has 20 heavy (non-hydrogen) atoms. The molecule has 2 aromatic heterocycles. The van der Waals surface area contributed by atoms with Gasteiger partial charge in [0.15, 0.2) is 5.03 Å². The molecule has 0 aromatic carbocycles. The van der Waals surface area contributed by atoms with Crippen molar-refractivity contribution in [2.75, 3.05) is 0 Å². The molecule has 3 N–H and O–H groups in total. The van der Waals surface area contributed by atoms with Gasteiger partial charge in [0.05, 0.1) is 11.8 Å². The maximum Gasteiger partial charge on any atom is 0.337 e. The summed E-state index contributed by atoms with van der Waals surface area (Å²) in [5.41, 5.74) is 0.600.